The van der Waals surface area contributed by atoms with E-state index in [4.69, 9.17) is 10.5 Å². The van der Waals surface area contributed by atoms with Crippen molar-refractivity contribution in [2.75, 3.05) is 12.4 Å². The Labute approximate surface area is 123 Å². The van der Waals surface area contributed by atoms with Crippen molar-refractivity contribution in [1.82, 2.24) is 9.78 Å². The first kappa shape index (κ1) is 14.9. The molecule has 1 amide bonds. The minimum atomic E-state index is -0.624. The van der Waals surface area contributed by atoms with Gasteiger partial charge < -0.3 is 15.8 Å². The predicted octanol–water partition coefficient (Wildman–Crippen LogP) is 1.63. The van der Waals surface area contributed by atoms with E-state index < -0.39 is 11.9 Å². The molecular weight excluding hydrogens is 268 g/mol. The quantitative estimate of drug-likeness (QED) is 0.846. The standard InChI is InChI=1S/C15H20N4O2/c1-4-13-12(9-19(2)18-13)14(15(16)20)17-10-6-5-7-11(8-10)21-3/h5-9,14,17H,4H2,1-3H3,(H2,16,20). The molecule has 0 saturated carbocycles. The highest BCUT2D eigenvalue weighted by molar-refractivity contribution is 5.84. The topological polar surface area (TPSA) is 82.2 Å². The van der Waals surface area contributed by atoms with E-state index >= 15 is 0 Å². The number of benzene rings is 1. The minimum Gasteiger partial charge on any atom is -0.497 e. The molecule has 0 radical (unpaired) electrons. The summed E-state index contributed by atoms with van der Waals surface area (Å²) in [5, 5.41) is 7.50. The molecule has 1 heterocycles. The van der Waals surface area contributed by atoms with E-state index in [0.29, 0.717) is 5.75 Å². The van der Waals surface area contributed by atoms with E-state index in [2.05, 4.69) is 10.4 Å². The highest BCUT2D eigenvalue weighted by Crippen LogP contribution is 2.24. The van der Waals surface area contributed by atoms with Crippen LogP contribution < -0.4 is 15.8 Å². The summed E-state index contributed by atoms with van der Waals surface area (Å²) in [5.41, 5.74) is 7.98. The summed E-state index contributed by atoms with van der Waals surface area (Å²) in [6, 6.07) is 6.74. The van der Waals surface area contributed by atoms with Crippen LogP contribution in [0, 0.1) is 0 Å². The lowest BCUT2D eigenvalue weighted by atomic mass is 10.1. The number of hydrogen-bond acceptors (Lipinski definition) is 4. The number of rotatable bonds is 6. The second kappa shape index (κ2) is 6.30. The Morgan fingerprint density at radius 2 is 2.29 bits per heavy atom. The van der Waals surface area contributed by atoms with Crippen molar-refractivity contribution < 1.29 is 9.53 Å². The molecule has 1 aromatic carbocycles. The van der Waals surface area contributed by atoms with Gasteiger partial charge in [-0.3, -0.25) is 9.48 Å². The van der Waals surface area contributed by atoms with Crippen molar-refractivity contribution in [3.05, 3.63) is 41.7 Å². The molecule has 0 aliphatic rings. The molecule has 0 saturated heterocycles. The van der Waals surface area contributed by atoms with Gasteiger partial charge in [-0.1, -0.05) is 13.0 Å². The van der Waals surface area contributed by atoms with Gasteiger partial charge in [-0.25, -0.2) is 0 Å². The Balaban J connectivity index is 2.33. The Bertz CT molecular complexity index is 636. The van der Waals surface area contributed by atoms with Gasteiger partial charge in [0.15, 0.2) is 0 Å². The van der Waals surface area contributed by atoms with Crippen LogP contribution >= 0.6 is 0 Å². The largest absolute Gasteiger partial charge is 0.497 e. The molecule has 6 nitrogen and oxygen atoms in total. The number of aryl methyl sites for hydroxylation is 2. The summed E-state index contributed by atoms with van der Waals surface area (Å²) in [6.07, 6.45) is 2.56. The molecule has 21 heavy (non-hydrogen) atoms. The number of carbonyl (C=O) groups is 1. The van der Waals surface area contributed by atoms with Crippen LogP contribution in [0.5, 0.6) is 5.75 Å². The first-order chi connectivity index (χ1) is 10.0. The van der Waals surface area contributed by atoms with Gasteiger partial charge >= 0.3 is 0 Å². The fourth-order valence-corrected chi connectivity index (χ4v) is 2.25. The third kappa shape index (κ3) is 3.34. The van der Waals surface area contributed by atoms with Crippen LogP contribution in [0.15, 0.2) is 30.5 Å². The number of anilines is 1. The molecule has 0 spiro atoms. The minimum absolute atomic E-state index is 0.444. The summed E-state index contributed by atoms with van der Waals surface area (Å²) in [6.45, 7) is 2.00. The van der Waals surface area contributed by atoms with E-state index in [9.17, 15) is 4.79 Å². The summed E-state index contributed by atoms with van der Waals surface area (Å²) in [4.78, 5) is 11.8. The fourth-order valence-electron chi connectivity index (χ4n) is 2.25. The zero-order valence-corrected chi connectivity index (χ0v) is 12.5. The molecule has 1 unspecified atom stereocenters. The maximum Gasteiger partial charge on any atom is 0.244 e. The zero-order chi connectivity index (χ0) is 15.4. The molecular formula is C15H20N4O2. The van der Waals surface area contributed by atoms with E-state index in [1.165, 1.54) is 0 Å². The van der Waals surface area contributed by atoms with Gasteiger partial charge in [0, 0.05) is 30.6 Å². The van der Waals surface area contributed by atoms with E-state index in [0.717, 1.165) is 23.4 Å². The van der Waals surface area contributed by atoms with E-state index in [1.54, 1.807) is 11.8 Å². The van der Waals surface area contributed by atoms with E-state index in [-0.39, 0.29) is 0 Å². The first-order valence-corrected chi connectivity index (χ1v) is 6.77. The Hall–Kier alpha value is -2.50. The van der Waals surface area contributed by atoms with Gasteiger partial charge in [-0.05, 0) is 18.6 Å². The number of nitrogens with two attached hydrogens (primary N) is 1. The molecule has 3 N–H and O–H groups in total. The molecule has 1 atom stereocenters. The molecule has 1 aromatic heterocycles. The summed E-state index contributed by atoms with van der Waals surface area (Å²) in [5.74, 6) is 0.269. The number of aromatic nitrogens is 2. The molecule has 0 aliphatic heterocycles. The number of carbonyl (C=O) groups excluding carboxylic acids is 1. The van der Waals surface area contributed by atoms with Crippen LogP contribution in [-0.2, 0) is 18.3 Å². The lowest BCUT2D eigenvalue weighted by Gasteiger charge is -2.17. The van der Waals surface area contributed by atoms with Crippen molar-refractivity contribution in [3.63, 3.8) is 0 Å². The maximum atomic E-state index is 11.8. The van der Waals surface area contributed by atoms with Crippen LogP contribution in [0.25, 0.3) is 0 Å². The van der Waals surface area contributed by atoms with Crippen LogP contribution in [0.3, 0.4) is 0 Å². The molecule has 6 heteroatoms. The van der Waals surface area contributed by atoms with Gasteiger partial charge in [0.05, 0.1) is 12.8 Å². The average molecular weight is 288 g/mol. The number of nitrogens with zero attached hydrogens (tertiary/aromatic N) is 2. The van der Waals surface area contributed by atoms with Gasteiger partial charge in [0.2, 0.25) is 5.91 Å². The van der Waals surface area contributed by atoms with Crippen molar-refractivity contribution in [2.45, 2.75) is 19.4 Å². The second-order valence-corrected chi connectivity index (χ2v) is 4.77. The van der Waals surface area contributed by atoms with Crippen LogP contribution in [0.2, 0.25) is 0 Å². The highest BCUT2D eigenvalue weighted by atomic mass is 16.5. The Kier molecular flexibility index (Phi) is 4.47. The second-order valence-electron chi connectivity index (χ2n) is 4.77. The molecule has 112 valence electrons. The van der Waals surface area contributed by atoms with Crippen LogP contribution in [0.4, 0.5) is 5.69 Å². The van der Waals surface area contributed by atoms with Crippen LogP contribution in [-0.4, -0.2) is 22.8 Å². The summed E-state index contributed by atoms with van der Waals surface area (Å²) < 4.78 is 6.87. The third-order valence-corrected chi connectivity index (χ3v) is 3.25. The number of amides is 1. The first-order valence-electron chi connectivity index (χ1n) is 6.77. The Morgan fingerprint density at radius 3 is 2.90 bits per heavy atom. The van der Waals surface area contributed by atoms with Gasteiger partial charge in [0.1, 0.15) is 11.8 Å². The number of methoxy groups -OCH3 is 1. The van der Waals surface area contributed by atoms with E-state index in [1.807, 2.05) is 44.4 Å². The van der Waals surface area contributed by atoms with Crippen LogP contribution in [0.1, 0.15) is 24.2 Å². The molecule has 0 fully saturated rings. The average Bonchev–Trinajstić information content (AvgIpc) is 2.85. The highest BCUT2D eigenvalue weighted by Gasteiger charge is 2.23. The van der Waals surface area contributed by atoms with Crippen molar-refractivity contribution >= 4 is 11.6 Å². The van der Waals surface area contributed by atoms with Crippen molar-refractivity contribution in [1.29, 1.82) is 0 Å². The number of ether oxygens (including phenoxy) is 1. The predicted molar refractivity (Wildman–Crippen MR) is 81.1 cm³/mol. The summed E-state index contributed by atoms with van der Waals surface area (Å²) >= 11 is 0. The zero-order valence-electron chi connectivity index (χ0n) is 12.5. The van der Waals surface area contributed by atoms with Crippen molar-refractivity contribution in [3.8, 4) is 5.75 Å². The Morgan fingerprint density at radius 1 is 1.52 bits per heavy atom. The normalized spacial score (nSPS) is 12.0. The third-order valence-electron chi connectivity index (χ3n) is 3.25. The summed E-state index contributed by atoms with van der Waals surface area (Å²) in [7, 11) is 3.42. The number of hydrogen-bond donors (Lipinski definition) is 2. The maximum absolute atomic E-state index is 11.8. The van der Waals surface area contributed by atoms with Gasteiger partial charge in [-0.2, -0.15) is 5.10 Å². The van der Waals surface area contributed by atoms with Crippen molar-refractivity contribution in [2.24, 2.45) is 12.8 Å². The van der Waals surface area contributed by atoms with Gasteiger partial charge in [-0.15, -0.1) is 0 Å². The fraction of sp³-hybridized carbons (Fsp3) is 0.333. The lowest BCUT2D eigenvalue weighted by molar-refractivity contribution is -0.118. The molecule has 0 bridgehead atoms. The molecule has 0 aliphatic carbocycles. The lowest BCUT2D eigenvalue weighted by Crippen LogP contribution is -2.28. The molecule has 2 aromatic rings. The number of nitrogens with one attached hydrogen (secondary N) is 1. The SMILES string of the molecule is CCc1nn(C)cc1C(Nc1cccc(OC)c1)C(N)=O. The van der Waals surface area contributed by atoms with Gasteiger partial charge in [0.25, 0.3) is 0 Å². The molecule has 2 rings (SSSR count). The monoisotopic (exact) mass is 288 g/mol. The smallest absolute Gasteiger partial charge is 0.244 e. The number of primary amides is 1.